The van der Waals surface area contributed by atoms with Crippen LogP contribution in [-0.2, 0) is 38.1 Å². The topological polar surface area (TPSA) is 101 Å². The van der Waals surface area contributed by atoms with E-state index in [1.807, 2.05) is 0 Å². The van der Waals surface area contributed by atoms with E-state index in [9.17, 15) is 14.4 Å². The molecule has 0 N–H and O–H groups in total. The molecule has 2 aliphatic heterocycles. The van der Waals surface area contributed by atoms with Crippen molar-refractivity contribution in [3.05, 3.63) is 36.1 Å². The Morgan fingerprint density at radius 1 is 1.12 bits per heavy atom. The van der Waals surface area contributed by atoms with Gasteiger partial charge in [0.15, 0.2) is 0 Å². The number of esters is 3. The van der Waals surface area contributed by atoms with Crippen LogP contribution in [0.5, 0.6) is 0 Å². The molecule has 188 valence electrons. The summed E-state index contributed by atoms with van der Waals surface area (Å²) < 4.78 is 28.6. The number of rotatable bonds is 7. The molecular weight excluding hydrogens is 440 g/mol. The van der Waals surface area contributed by atoms with Crippen LogP contribution in [0.25, 0.3) is 0 Å². The lowest BCUT2D eigenvalue weighted by Crippen LogP contribution is -2.42. The SMILES string of the molecule is C=C(C)C(CC(OC(C)=O)C1=CO[C@H](OC(C)=O)[C@H]2C(=C)CC[C@@H]3O[C@@]3(C)CC[C@H]12)OC(C)=O. The number of hydrogen-bond donors (Lipinski definition) is 0. The third kappa shape index (κ3) is 6.09. The first kappa shape index (κ1) is 26.0. The van der Waals surface area contributed by atoms with Crippen LogP contribution >= 0.6 is 0 Å². The molecule has 3 rings (SSSR count). The average molecular weight is 477 g/mol. The predicted octanol–water partition coefficient (Wildman–Crippen LogP) is 4.14. The van der Waals surface area contributed by atoms with Crippen molar-refractivity contribution in [3.8, 4) is 0 Å². The summed E-state index contributed by atoms with van der Waals surface area (Å²) in [5.74, 6) is -1.83. The van der Waals surface area contributed by atoms with Gasteiger partial charge >= 0.3 is 17.9 Å². The maximum absolute atomic E-state index is 12.1. The third-order valence-electron chi connectivity index (χ3n) is 6.93. The zero-order valence-corrected chi connectivity index (χ0v) is 20.8. The van der Waals surface area contributed by atoms with E-state index in [4.69, 9.17) is 23.7 Å². The number of fused-ring (bicyclic) bond motifs is 2. The van der Waals surface area contributed by atoms with Gasteiger partial charge in [0.2, 0.25) is 6.29 Å². The minimum Gasteiger partial charge on any atom is -0.462 e. The lowest BCUT2D eigenvalue weighted by molar-refractivity contribution is -0.181. The molecule has 8 heteroatoms. The Hall–Kier alpha value is -2.61. The van der Waals surface area contributed by atoms with Gasteiger partial charge < -0.3 is 23.7 Å². The molecular formula is C26H36O8. The molecule has 0 aromatic carbocycles. The van der Waals surface area contributed by atoms with Crippen LogP contribution < -0.4 is 0 Å². The third-order valence-corrected chi connectivity index (χ3v) is 6.93. The Labute approximate surface area is 201 Å². The fourth-order valence-corrected chi connectivity index (χ4v) is 5.11. The molecule has 0 aromatic rings. The van der Waals surface area contributed by atoms with E-state index >= 15 is 0 Å². The van der Waals surface area contributed by atoms with Crippen molar-refractivity contribution < 1.29 is 38.1 Å². The number of carbonyl (C=O) groups is 3. The van der Waals surface area contributed by atoms with Gasteiger partial charge in [0.25, 0.3) is 0 Å². The minimum absolute atomic E-state index is 0.169. The van der Waals surface area contributed by atoms with Crippen molar-refractivity contribution in [2.75, 3.05) is 0 Å². The van der Waals surface area contributed by atoms with Gasteiger partial charge in [-0.05, 0) is 45.1 Å². The zero-order valence-electron chi connectivity index (χ0n) is 20.8. The van der Waals surface area contributed by atoms with Crippen LogP contribution in [0.4, 0.5) is 0 Å². The average Bonchev–Trinajstić information content (AvgIpc) is 3.37. The van der Waals surface area contributed by atoms with E-state index in [0.29, 0.717) is 18.4 Å². The molecule has 0 amide bonds. The second-order valence-electron chi connectivity index (χ2n) is 9.80. The van der Waals surface area contributed by atoms with Crippen LogP contribution in [0.15, 0.2) is 36.1 Å². The van der Waals surface area contributed by atoms with Crippen LogP contribution in [0, 0.1) is 11.8 Å². The second kappa shape index (κ2) is 10.3. The zero-order chi connectivity index (χ0) is 25.2. The van der Waals surface area contributed by atoms with Crippen molar-refractivity contribution in [3.63, 3.8) is 0 Å². The van der Waals surface area contributed by atoms with Gasteiger partial charge in [-0.15, -0.1) is 0 Å². The van der Waals surface area contributed by atoms with Gasteiger partial charge in [0, 0.05) is 38.7 Å². The first-order valence-corrected chi connectivity index (χ1v) is 11.8. The van der Waals surface area contributed by atoms with Gasteiger partial charge in [-0.1, -0.05) is 18.7 Å². The van der Waals surface area contributed by atoms with Crippen molar-refractivity contribution >= 4 is 17.9 Å². The van der Waals surface area contributed by atoms with E-state index < -0.39 is 36.4 Å². The number of epoxide rings is 1. The van der Waals surface area contributed by atoms with Gasteiger partial charge in [0.1, 0.15) is 12.2 Å². The van der Waals surface area contributed by atoms with Gasteiger partial charge in [-0.25, -0.2) is 0 Å². The van der Waals surface area contributed by atoms with Crippen molar-refractivity contribution in [2.45, 2.75) is 96.9 Å². The molecule has 7 atom stereocenters. The van der Waals surface area contributed by atoms with Gasteiger partial charge in [-0.3, -0.25) is 14.4 Å². The Morgan fingerprint density at radius 3 is 2.38 bits per heavy atom. The number of carbonyl (C=O) groups excluding carboxylic acids is 3. The predicted molar refractivity (Wildman–Crippen MR) is 123 cm³/mol. The summed E-state index contributed by atoms with van der Waals surface area (Å²) in [7, 11) is 0. The molecule has 1 saturated heterocycles. The molecule has 0 spiro atoms. The summed E-state index contributed by atoms with van der Waals surface area (Å²) in [6.07, 6.45) is 2.76. The van der Waals surface area contributed by atoms with Crippen molar-refractivity contribution in [1.29, 1.82) is 0 Å². The highest BCUT2D eigenvalue weighted by Crippen LogP contribution is 2.50. The smallest absolute Gasteiger partial charge is 0.305 e. The highest BCUT2D eigenvalue weighted by molar-refractivity contribution is 5.67. The summed E-state index contributed by atoms with van der Waals surface area (Å²) in [6, 6.07) is 0. The van der Waals surface area contributed by atoms with E-state index in [2.05, 4.69) is 20.1 Å². The normalized spacial score (nSPS) is 32.0. The van der Waals surface area contributed by atoms with Gasteiger partial charge in [-0.2, -0.15) is 0 Å². The quantitative estimate of drug-likeness (QED) is 0.234. The Kier molecular flexibility index (Phi) is 7.91. The molecule has 3 aliphatic rings. The van der Waals surface area contributed by atoms with Crippen molar-refractivity contribution in [2.24, 2.45) is 11.8 Å². The highest BCUT2D eigenvalue weighted by atomic mass is 16.7. The van der Waals surface area contributed by atoms with E-state index in [-0.39, 0.29) is 30.0 Å². The summed E-state index contributed by atoms with van der Waals surface area (Å²) in [6.45, 7) is 16.1. The van der Waals surface area contributed by atoms with E-state index in [1.165, 1.54) is 27.0 Å². The summed E-state index contributed by atoms with van der Waals surface area (Å²) >= 11 is 0. The van der Waals surface area contributed by atoms with Crippen LogP contribution in [-0.4, -0.2) is 48.1 Å². The standard InChI is InChI=1S/C26H36O8/c1-14(2)21(31-16(4)27)12-22(32-17(5)28)20-13-30-25(33-18(6)29)24-15(3)8-9-23-26(7,34-23)11-10-19(20)24/h13,19,21-25H,1,3,8-12H2,2,4-7H3/t19-,21?,22?,23+,24+,25-,26+/m1/s1. The Morgan fingerprint density at radius 2 is 1.79 bits per heavy atom. The largest absolute Gasteiger partial charge is 0.462 e. The van der Waals surface area contributed by atoms with E-state index in [1.54, 1.807) is 6.92 Å². The Balaban J connectivity index is 1.98. The van der Waals surface area contributed by atoms with Crippen LogP contribution in [0.1, 0.15) is 66.7 Å². The lowest BCUT2D eigenvalue weighted by atomic mass is 9.74. The summed E-state index contributed by atoms with van der Waals surface area (Å²) in [5.41, 5.74) is 2.08. The maximum atomic E-state index is 12.1. The fraction of sp³-hybridized carbons (Fsp3) is 0.654. The van der Waals surface area contributed by atoms with Crippen molar-refractivity contribution in [1.82, 2.24) is 0 Å². The number of hydrogen-bond acceptors (Lipinski definition) is 8. The molecule has 0 aromatic heterocycles. The van der Waals surface area contributed by atoms with Crippen LogP contribution in [0.3, 0.4) is 0 Å². The molecule has 1 saturated carbocycles. The molecule has 2 heterocycles. The highest BCUT2D eigenvalue weighted by Gasteiger charge is 2.54. The first-order valence-electron chi connectivity index (χ1n) is 11.8. The fourth-order valence-electron chi connectivity index (χ4n) is 5.11. The number of ether oxygens (including phenoxy) is 5. The minimum atomic E-state index is -0.815. The summed E-state index contributed by atoms with van der Waals surface area (Å²) in [4.78, 5) is 35.5. The summed E-state index contributed by atoms with van der Waals surface area (Å²) in [5, 5.41) is 0. The lowest BCUT2D eigenvalue weighted by Gasteiger charge is -2.41. The first-order chi connectivity index (χ1) is 15.9. The second-order valence-corrected chi connectivity index (χ2v) is 9.80. The molecule has 2 fully saturated rings. The molecule has 8 nitrogen and oxygen atoms in total. The van der Waals surface area contributed by atoms with E-state index in [0.717, 1.165) is 24.0 Å². The molecule has 0 radical (unpaired) electrons. The molecule has 0 bridgehead atoms. The monoisotopic (exact) mass is 476 g/mol. The molecule has 1 aliphatic carbocycles. The Bertz CT molecular complexity index is 889. The maximum Gasteiger partial charge on any atom is 0.305 e. The molecule has 2 unspecified atom stereocenters. The van der Waals surface area contributed by atoms with Crippen LogP contribution in [0.2, 0.25) is 0 Å². The molecule has 34 heavy (non-hydrogen) atoms. The van der Waals surface area contributed by atoms with Gasteiger partial charge in [0.05, 0.1) is 23.9 Å².